The highest BCUT2D eigenvalue weighted by Crippen LogP contribution is 2.12. The number of unbranched alkanes of at least 4 members (excludes halogenated alkanes) is 15. The van der Waals surface area contributed by atoms with E-state index in [1.165, 1.54) is 25.7 Å². The first-order valence-corrected chi connectivity index (χ1v) is 24.6. The van der Waals surface area contributed by atoms with Crippen molar-refractivity contribution in [3.63, 3.8) is 0 Å². The monoisotopic (exact) mass is 857 g/mol. The van der Waals surface area contributed by atoms with Crippen molar-refractivity contribution in [2.45, 2.75) is 200 Å². The molecule has 1 atom stereocenters. The molecular weight excluding hydrogens is 769 g/mol. The van der Waals surface area contributed by atoms with E-state index in [9.17, 15) is 14.4 Å². The molecule has 348 valence electrons. The molecule has 0 aliphatic carbocycles. The van der Waals surface area contributed by atoms with Gasteiger partial charge in [-0.25, -0.2) is 0 Å². The van der Waals surface area contributed by atoms with Gasteiger partial charge in [-0.05, 0) is 96.3 Å². The van der Waals surface area contributed by atoms with Crippen molar-refractivity contribution in [3.05, 3.63) is 122 Å². The van der Waals surface area contributed by atoms with Gasteiger partial charge in [-0.1, -0.05) is 200 Å². The number of allylic oxidation sites excluding steroid dienone is 20. The molecular formula is C56H88O6. The molecule has 0 saturated carbocycles. The summed E-state index contributed by atoms with van der Waals surface area (Å²) in [5.74, 6) is -0.990. The third-order valence-electron chi connectivity index (χ3n) is 9.81. The Labute approximate surface area is 380 Å². The zero-order chi connectivity index (χ0) is 45.1. The van der Waals surface area contributed by atoms with Crippen LogP contribution in [-0.2, 0) is 28.6 Å². The lowest BCUT2D eigenvalue weighted by atomic mass is 10.1. The van der Waals surface area contributed by atoms with Crippen LogP contribution in [0.2, 0.25) is 0 Å². The van der Waals surface area contributed by atoms with Gasteiger partial charge in [0, 0.05) is 19.3 Å². The SMILES string of the molecule is CC\C=C/C=C\C=C/C=C\C=C/CCCCCC(=O)OC(COC(=O)CCCCCC/C=C\CCCC)COC(=O)CCCCCCCC/C=C\C/C=C\C/C=C\C/C=C\CC. The zero-order valence-electron chi connectivity index (χ0n) is 39.6. The fourth-order valence-electron chi connectivity index (χ4n) is 6.14. The number of hydrogen-bond donors (Lipinski definition) is 0. The number of ether oxygens (including phenoxy) is 3. The average Bonchev–Trinajstić information content (AvgIpc) is 3.27. The molecule has 0 aromatic carbocycles. The van der Waals surface area contributed by atoms with Crippen molar-refractivity contribution in [1.29, 1.82) is 0 Å². The number of carbonyl (C=O) groups is 3. The summed E-state index contributed by atoms with van der Waals surface area (Å²) in [5, 5.41) is 0. The van der Waals surface area contributed by atoms with Gasteiger partial charge >= 0.3 is 17.9 Å². The summed E-state index contributed by atoms with van der Waals surface area (Å²) >= 11 is 0. The highest BCUT2D eigenvalue weighted by molar-refractivity contribution is 5.71. The predicted molar refractivity (Wildman–Crippen MR) is 265 cm³/mol. The summed E-state index contributed by atoms with van der Waals surface area (Å²) in [6.45, 7) is 6.25. The largest absolute Gasteiger partial charge is 0.462 e. The van der Waals surface area contributed by atoms with E-state index in [4.69, 9.17) is 14.2 Å². The highest BCUT2D eigenvalue weighted by Gasteiger charge is 2.19. The quantitative estimate of drug-likeness (QED) is 0.0200. The molecule has 0 spiro atoms. The molecule has 0 aromatic heterocycles. The fraction of sp³-hybridized carbons (Fsp3) is 0.589. The molecule has 0 rings (SSSR count). The second-order valence-electron chi connectivity index (χ2n) is 15.7. The normalized spacial score (nSPS) is 13.1. The lowest BCUT2D eigenvalue weighted by Gasteiger charge is -2.18. The van der Waals surface area contributed by atoms with E-state index in [2.05, 4.69) is 93.7 Å². The molecule has 0 aliphatic rings. The van der Waals surface area contributed by atoms with E-state index in [-0.39, 0.29) is 37.5 Å². The lowest BCUT2D eigenvalue weighted by molar-refractivity contribution is -0.167. The van der Waals surface area contributed by atoms with Gasteiger partial charge in [-0.15, -0.1) is 0 Å². The van der Waals surface area contributed by atoms with E-state index >= 15 is 0 Å². The maximum absolute atomic E-state index is 12.8. The first-order chi connectivity index (χ1) is 30.5. The number of rotatable bonds is 42. The van der Waals surface area contributed by atoms with Crippen LogP contribution in [0, 0.1) is 0 Å². The standard InChI is InChI=1S/C56H88O6/c1-4-7-10-13-16-19-22-24-26-27-28-29-31-32-34-37-40-43-46-49-55(58)61-52-53(51-60-54(57)48-45-42-39-36-21-18-15-12-9-6-3)62-56(59)50-47-44-41-38-35-33-30-25-23-20-17-14-11-8-5-2/h7-8,10-11,14-20,23-26,28-30,33,35,53H,4-6,9,12-13,21-22,27,31-32,34,36-52H2,1-3H3/b10-7-,11-8-,17-14-,18-15-,19-16-,23-20-,26-24-,29-28-,30-25-,35-33-. The van der Waals surface area contributed by atoms with Crippen molar-refractivity contribution in [3.8, 4) is 0 Å². The Morgan fingerprint density at radius 2 is 0.710 bits per heavy atom. The molecule has 0 saturated heterocycles. The minimum atomic E-state index is -0.813. The van der Waals surface area contributed by atoms with Gasteiger partial charge < -0.3 is 14.2 Å². The van der Waals surface area contributed by atoms with E-state index in [1.807, 2.05) is 48.6 Å². The van der Waals surface area contributed by atoms with Gasteiger partial charge in [0.05, 0.1) is 0 Å². The minimum absolute atomic E-state index is 0.110. The Hall–Kier alpha value is -4.19. The first kappa shape index (κ1) is 57.8. The smallest absolute Gasteiger partial charge is 0.306 e. The van der Waals surface area contributed by atoms with Gasteiger partial charge in [0.1, 0.15) is 13.2 Å². The molecule has 62 heavy (non-hydrogen) atoms. The summed E-state index contributed by atoms with van der Waals surface area (Å²) in [6.07, 6.45) is 67.5. The number of hydrogen-bond acceptors (Lipinski definition) is 6. The van der Waals surface area contributed by atoms with Gasteiger partial charge in [0.15, 0.2) is 6.10 Å². The molecule has 0 aliphatic heterocycles. The fourth-order valence-corrected chi connectivity index (χ4v) is 6.14. The van der Waals surface area contributed by atoms with Crippen LogP contribution in [0.3, 0.4) is 0 Å². The molecule has 1 unspecified atom stereocenters. The zero-order valence-corrected chi connectivity index (χ0v) is 39.6. The van der Waals surface area contributed by atoms with Crippen LogP contribution < -0.4 is 0 Å². The summed E-state index contributed by atoms with van der Waals surface area (Å²) in [5.41, 5.74) is 0. The molecule has 0 bridgehead atoms. The average molecular weight is 857 g/mol. The predicted octanol–water partition coefficient (Wildman–Crippen LogP) is 16.1. The second kappa shape index (κ2) is 49.5. The number of esters is 3. The van der Waals surface area contributed by atoms with Crippen molar-refractivity contribution in [2.24, 2.45) is 0 Å². The maximum atomic E-state index is 12.8. The Morgan fingerprint density at radius 3 is 1.21 bits per heavy atom. The molecule has 0 amide bonds. The Bertz CT molecular complexity index is 1350. The Kier molecular flexibility index (Phi) is 46.1. The maximum Gasteiger partial charge on any atom is 0.306 e. The van der Waals surface area contributed by atoms with Gasteiger partial charge in [-0.2, -0.15) is 0 Å². The topological polar surface area (TPSA) is 78.9 Å². The summed E-state index contributed by atoms with van der Waals surface area (Å²) in [4.78, 5) is 37.9. The van der Waals surface area contributed by atoms with Crippen molar-refractivity contribution in [1.82, 2.24) is 0 Å². The van der Waals surface area contributed by atoms with Crippen LogP contribution in [-0.4, -0.2) is 37.2 Å². The van der Waals surface area contributed by atoms with Crippen molar-refractivity contribution in [2.75, 3.05) is 13.2 Å². The van der Waals surface area contributed by atoms with E-state index in [0.717, 1.165) is 122 Å². The van der Waals surface area contributed by atoms with E-state index < -0.39 is 6.10 Å². The van der Waals surface area contributed by atoms with Gasteiger partial charge in [0.2, 0.25) is 0 Å². The summed E-state index contributed by atoms with van der Waals surface area (Å²) < 4.78 is 16.7. The molecule has 0 heterocycles. The molecule has 6 heteroatoms. The minimum Gasteiger partial charge on any atom is -0.462 e. The Morgan fingerprint density at radius 1 is 0.355 bits per heavy atom. The lowest BCUT2D eigenvalue weighted by Crippen LogP contribution is -2.30. The van der Waals surface area contributed by atoms with Crippen LogP contribution in [0.4, 0.5) is 0 Å². The van der Waals surface area contributed by atoms with Crippen LogP contribution >= 0.6 is 0 Å². The molecule has 0 radical (unpaired) electrons. The molecule has 0 fully saturated rings. The van der Waals surface area contributed by atoms with Crippen LogP contribution in [0.5, 0.6) is 0 Å². The summed E-state index contributed by atoms with van der Waals surface area (Å²) in [7, 11) is 0. The molecule has 0 aromatic rings. The van der Waals surface area contributed by atoms with Crippen LogP contribution in [0.25, 0.3) is 0 Å². The Balaban J connectivity index is 4.48. The molecule has 0 N–H and O–H groups in total. The van der Waals surface area contributed by atoms with Crippen molar-refractivity contribution >= 4 is 17.9 Å². The first-order valence-electron chi connectivity index (χ1n) is 24.6. The van der Waals surface area contributed by atoms with Crippen LogP contribution in [0.15, 0.2) is 122 Å². The third-order valence-corrected chi connectivity index (χ3v) is 9.81. The van der Waals surface area contributed by atoms with Gasteiger partial charge in [0.25, 0.3) is 0 Å². The van der Waals surface area contributed by atoms with Gasteiger partial charge in [-0.3, -0.25) is 14.4 Å². The van der Waals surface area contributed by atoms with E-state index in [0.29, 0.717) is 19.3 Å². The van der Waals surface area contributed by atoms with Crippen LogP contribution in [0.1, 0.15) is 194 Å². The number of carbonyl (C=O) groups excluding carboxylic acids is 3. The van der Waals surface area contributed by atoms with E-state index in [1.54, 1.807) is 0 Å². The molecule has 6 nitrogen and oxygen atoms in total. The highest BCUT2D eigenvalue weighted by atomic mass is 16.6. The summed E-state index contributed by atoms with van der Waals surface area (Å²) in [6, 6.07) is 0. The van der Waals surface area contributed by atoms with Crippen molar-refractivity contribution < 1.29 is 28.6 Å². The second-order valence-corrected chi connectivity index (χ2v) is 15.7. The third kappa shape index (κ3) is 46.9.